The third-order valence-electron chi connectivity index (χ3n) is 9.08. The second kappa shape index (κ2) is 40.3. The zero-order valence-electron chi connectivity index (χ0n) is 42.6. The Hall–Kier alpha value is -4.27. The Bertz CT molecular complexity index is 1440. The molecule has 6 N–H and O–H groups in total. The first-order chi connectivity index (χ1) is 33.5. The average Bonchev–Trinajstić information content (AvgIpc) is 3.29. The Morgan fingerprint density at radius 1 is 0.457 bits per heavy atom. The first-order valence-electron chi connectivity index (χ1n) is 24.0. The van der Waals surface area contributed by atoms with E-state index in [-0.39, 0.29) is 130 Å². The van der Waals surface area contributed by atoms with Crippen LogP contribution in [0.2, 0.25) is 0 Å². The molecule has 4 amide bonds. The number of carbonyl (C=O) groups is 5. The first kappa shape index (κ1) is 63.7. The molecule has 0 saturated heterocycles. The van der Waals surface area contributed by atoms with E-state index in [2.05, 4.69) is 21.3 Å². The van der Waals surface area contributed by atoms with E-state index < -0.39 is 29.4 Å². The third-order valence-corrected chi connectivity index (χ3v) is 9.08. The monoisotopic (exact) mass is 1000 g/mol. The van der Waals surface area contributed by atoms with Gasteiger partial charge in [-0.25, -0.2) is 9.59 Å². The Balaban J connectivity index is 2.53. The predicted molar refractivity (Wildman–Crippen MR) is 259 cm³/mol. The SMILES string of the molecule is CC(C)(C)OC(=O)NCCOCCN(CCOCCO)CC(=O)NCCOCCN(CCOCCNC(=O)CN(CCOCCO)CCOCCNC(=O)OC(C)(C)C)CC(=O)OCc1ccccc1. The van der Waals surface area contributed by atoms with Gasteiger partial charge in [-0.1, -0.05) is 30.3 Å². The van der Waals surface area contributed by atoms with Crippen molar-refractivity contribution in [1.29, 1.82) is 0 Å². The van der Waals surface area contributed by atoms with E-state index >= 15 is 0 Å². The lowest BCUT2D eigenvalue weighted by Crippen LogP contribution is -2.42. The number of alkyl carbamates (subject to hydrolysis) is 2. The number of nitrogens with one attached hydrogen (secondary N) is 4. The highest BCUT2D eigenvalue weighted by Gasteiger charge is 2.18. The van der Waals surface area contributed by atoms with Gasteiger partial charge in [0.25, 0.3) is 0 Å². The molecule has 0 radical (unpaired) electrons. The molecule has 0 spiro atoms. The highest BCUT2D eigenvalue weighted by atomic mass is 16.6. The molecular formula is C47H85N7O16. The summed E-state index contributed by atoms with van der Waals surface area (Å²) in [6.45, 7) is 17.5. The van der Waals surface area contributed by atoms with Crippen LogP contribution in [-0.4, -0.2) is 244 Å². The zero-order valence-corrected chi connectivity index (χ0v) is 42.6. The lowest BCUT2D eigenvalue weighted by molar-refractivity contribution is -0.146. The number of carbonyl (C=O) groups excluding carboxylic acids is 5. The summed E-state index contributed by atoms with van der Waals surface area (Å²) in [7, 11) is 0. The van der Waals surface area contributed by atoms with Crippen molar-refractivity contribution in [2.24, 2.45) is 0 Å². The van der Waals surface area contributed by atoms with Gasteiger partial charge in [-0.05, 0) is 47.1 Å². The molecule has 0 aliphatic carbocycles. The van der Waals surface area contributed by atoms with Crippen LogP contribution in [0.15, 0.2) is 30.3 Å². The van der Waals surface area contributed by atoms with Crippen LogP contribution >= 0.6 is 0 Å². The van der Waals surface area contributed by atoms with Crippen LogP contribution < -0.4 is 21.3 Å². The molecule has 1 aromatic rings. The van der Waals surface area contributed by atoms with Gasteiger partial charge in [-0.3, -0.25) is 29.1 Å². The number of benzene rings is 1. The molecule has 0 fully saturated rings. The molecule has 0 atom stereocenters. The molecule has 0 aromatic heterocycles. The van der Waals surface area contributed by atoms with Gasteiger partial charge in [-0.2, -0.15) is 0 Å². The Kier molecular flexibility index (Phi) is 36.7. The maximum absolute atomic E-state index is 12.8. The van der Waals surface area contributed by atoms with Crippen molar-refractivity contribution in [3.8, 4) is 0 Å². The van der Waals surface area contributed by atoms with Crippen LogP contribution in [0, 0.1) is 0 Å². The van der Waals surface area contributed by atoms with Gasteiger partial charge in [0.1, 0.15) is 17.8 Å². The minimum atomic E-state index is -0.599. The molecule has 70 heavy (non-hydrogen) atoms. The maximum Gasteiger partial charge on any atom is 0.407 e. The van der Waals surface area contributed by atoms with E-state index in [9.17, 15) is 24.0 Å². The number of ether oxygens (including phenoxy) is 9. The molecule has 0 aliphatic rings. The fourth-order valence-corrected chi connectivity index (χ4v) is 5.80. The van der Waals surface area contributed by atoms with E-state index in [1.165, 1.54) is 0 Å². The van der Waals surface area contributed by atoms with Crippen LogP contribution in [0.25, 0.3) is 0 Å². The number of aliphatic hydroxyl groups is 2. The summed E-state index contributed by atoms with van der Waals surface area (Å²) < 4.78 is 49.6. The number of hydrogen-bond acceptors (Lipinski definition) is 19. The summed E-state index contributed by atoms with van der Waals surface area (Å²) in [6, 6.07) is 9.37. The zero-order chi connectivity index (χ0) is 51.7. The fourth-order valence-electron chi connectivity index (χ4n) is 5.80. The summed E-state index contributed by atoms with van der Waals surface area (Å²) in [6.07, 6.45) is -1.05. The van der Waals surface area contributed by atoms with Crippen molar-refractivity contribution in [1.82, 2.24) is 36.0 Å². The van der Waals surface area contributed by atoms with Gasteiger partial charge in [0.15, 0.2) is 0 Å². The topological polar surface area (TPSA) is 267 Å². The molecule has 23 nitrogen and oxygen atoms in total. The largest absolute Gasteiger partial charge is 0.460 e. The van der Waals surface area contributed by atoms with Gasteiger partial charge >= 0.3 is 18.2 Å². The molecule has 1 aromatic carbocycles. The van der Waals surface area contributed by atoms with Crippen LogP contribution in [0.1, 0.15) is 47.1 Å². The van der Waals surface area contributed by atoms with Crippen molar-refractivity contribution in [2.75, 3.05) is 178 Å². The maximum atomic E-state index is 12.8. The van der Waals surface area contributed by atoms with Crippen molar-refractivity contribution in [3.05, 3.63) is 35.9 Å². The predicted octanol–water partition coefficient (Wildman–Crippen LogP) is 0.00180. The highest BCUT2D eigenvalue weighted by molar-refractivity contribution is 5.78. The summed E-state index contributed by atoms with van der Waals surface area (Å²) in [5.41, 5.74) is -0.332. The standard InChI is InChI=1S/C47H85N7O16/c1-46(2,3)69-44(60)50-14-26-64-28-16-52(18-32-66-34-22-55)36-41(57)48-12-24-62-30-20-54(38-43(59)68-39-40-10-8-7-9-11-40)21-31-63-25-13-49-42(58)37-53(19-33-67-35-23-56)17-29-65-27-15-51-45(61)70-47(4,5)6/h7-11,55-56H,12-39H2,1-6H3,(H,48,57)(H,49,58)(H,50,60)(H,51,61). The van der Waals surface area contributed by atoms with Crippen molar-refractivity contribution >= 4 is 30.0 Å². The van der Waals surface area contributed by atoms with Gasteiger partial charge < -0.3 is 74.1 Å². The molecule has 0 aliphatic heterocycles. The lowest BCUT2D eigenvalue weighted by Gasteiger charge is -2.22. The number of hydrogen-bond donors (Lipinski definition) is 6. The summed E-state index contributed by atoms with van der Waals surface area (Å²) in [5.74, 6) is -0.850. The van der Waals surface area contributed by atoms with Crippen LogP contribution in [0.3, 0.4) is 0 Å². The van der Waals surface area contributed by atoms with Crippen LogP contribution in [0.5, 0.6) is 0 Å². The average molecular weight is 1000 g/mol. The lowest BCUT2D eigenvalue weighted by atomic mass is 10.2. The Morgan fingerprint density at radius 2 is 0.786 bits per heavy atom. The Morgan fingerprint density at radius 3 is 1.13 bits per heavy atom. The summed E-state index contributed by atoms with van der Waals surface area (Å²) >= 11 is 0. The van der Waals surface area contributed by atoms with E-state index in [1.807, 2.05) is 45.0 Å². The molecular weight excluding hydrogens is 919 g/mol. The van der Waals surface area contributed by atoms with Gasteiger partial charge in [-0.15, -0.1) is 0 Å². The molecule has 0 bridgehead atoms. The minimum Gasteiger partial charge on any atom is -0.460 e. The molecule has 404 valence electrons. The molecule has 0 saturated carbocycles. The van der Waals surface area contributed by atoms with Crippen molar-refractivity contribution in [3.63, 3.8) is 0 Å². The molecule has 0 unspecified atom stereocenters. The number of aliphatic hydroxyl groups excluding tert-OH is 2. The smallest absolute Gasteiger partial charge is 0.407 e. The third kappa shape index (κ3) is 40.5. The van der Waals surface area contributed by atoms with E-state index in [0.29, 0.717) is 65.7 Å². The van der Waals surface area contributed by atoms with Gasteiger partial charge in [0.05, 0.1) is 112 Å². The quantitative estimate of drug-likeness (QED) is 0.0286. The minimum absolute atomic E-state index is 0.00331. The second-order valence-electron chi connectivity index (χ2n) is 17.7. The first-order valence-corrected chi connectivity index (χ1v) is 24.0. The van der Waals surface area contributed by atoms with Crippen molar-refractivity contribution < 1.29 is 76.8 Å². The van der Waals surface area contributed by atoms with Crippen LogP contribution in [-0.2, 0) is 63.6 Å². The number of esters is 1. The van der Waals surface area contributed by atoms with Crippen LogP contribution in [0.4, 0.5) is 9.59 Å². The second-order valence-corrected chi connectivity index (χ2v) is 17.7. The van der Waals surface area contributed by atoms with E-state index in [4.69, 9.17) is 52.8 Å². The van der Waals surface area contributed by atoms with Gasteiger partial charge in [0, 0.05) is 65.4 Å². The summed E-state index contributed by atoms with van der Waals surface area (Å²) in [5, 5.41) is 29.1. The number of rotatable bonds is 42. The molecule has 0 heterocycles. The van der Waals surface area contributed by atoms with Crippen molar-refractivity contribution in [2.45, 2.75) is 59.4 Å². The number of amides is 4. The van der Waals surface area contributed by atoms with Gasteiger partial charge in [0.2, 0.25) is 11.8 Å². The normalized spacial score (nSPS) is 11.8. The van der Waals surface area contributed by atoms with E-state index in [0.717, 1.165) is 5.56 Å². The molecule has 1 rings (SSSR count). The fraction of sp³-hybridized carbons (Fsp3) is 0.766. The Labute approximate surface area is 414 Å². The summed E-state index contributed by atoms with van der Waals surface area (Å²) in [4.78, 5) is 67.7. The highest BCUT2D eigenvalue weighted by Crippen LogP contribution is 2.07. The molecule has 23 heteroatoms. The van der Waals surface area contributed by atoms with E-state index in [1.54, 1.807) is 41.5 Å². The number of nitrogens with zero attached hydrogens (tertiary/aromatic N) is 3.